The summed E-state index contributed by atoms with van der Waals surface area (Å²) >= 11 is 8.50. The standard InChI is InChI=1S/C24H28N6O9P2S2/c1-13-17-11-34-40(32,42)38-16-10-20(29-7-3-14-15(25)2-5-26-22(14)29)36-18(16)12-35-41(33,43)39-21(13)23(37-17)30-8-4-19(31)28-9-6-27-24(28)30/h2-9,13,16-18,20-21,23H,10-12H2,1H3,(H2,25,26)(H,32,42)(H,33,43)/t13-,16+,17-,18-,20-,21-,23-,40?,41?/m1/s1. The van der Waals surface area contributed by atoms with Gasteiger partial charge in [0, 0.05) is 60.5 Å². The fourth-order valence-electron chi connectivity index (χ4n) is 5.73. The molecule has 19 heteroatoms. The summed E-state index contributed by atoms with van der Waals surface area (Å²) in [5, 5.41) is 0.747. The first-order valence-electron chi connectivity index (χ1n) is 13.4. The van der Waals surface area contributed by atoms with Crippen LogP contribution in [0, 0.1) is 5.92 Å². The van der Waals surface area contributed by atoms with Crippen LogP contribution in [-0.2, 0) is 36.7 Å². The second kappa shape index (κ2) is 11.0. The van der Waals surface area contributed by atoms with Crippen molar-refractivity contribution in [2.75, 3.05) is 18.9 Å². The van der Waals surface area contributed by atoms with Crippen molar-refractivity contribution in [1.82, 2.24) is 23.5 Å². The molecule has 43 heavy (non-hydrogen) atoms. The largest absolute Gasteiger partial charge is 0.398 e. The summed E-state index contributed by atoms with van der Waals surface area (Å²) in [5.74, 6) is -0.180. The summed E-state index contributed by atoms with van der Waals surface area (Å²) in [6.45, 7) is -6.67. The van der Waals surface area contributed by atoms with E-state index in [4.69, 9.17) is 33.3 Å². The lowest BCUT2D eigenvalue weighted by Crippen LogP contribution is -2.30. The van der Waals surface area contributed by atoms with Crippen molar-refractivity contribution in [3.63, 3.8) is 0 Å². The van der Waals surface area contributed by atoms with E-state index in [2.05, 4.69) is 34.5 Å². The van der Waals surface area contributed by atoms with E-state index in [1.54, 1.807) is 34.5 Å². The number of nitrogen functional groups attached to an aromatic ring is 1. The number of fused-ring (bicyclic) bond motifs is 5. The van der Waals surface area contributed by atoms with E-state index in [0.717, 1.165) is 5.39 Å². The number of pyridine rings is 1. The van der Waals surface area contributed by atoms with E-state index < -0.39 is 56.4 Å². The zero-order valence-electron chi connectivity index (χ0n) is 22.6. The highest BCUT2D eigenvalue weighted by molar-refractivity contribution is 8.44. The monoisotopic (exact) mass is 670 g/mol. The number of hydrogen-bond acceptors (Lipinski definition) is 12. The summed E-state index contributed by atoms with van der Waals surface area (Å²) < 4.78 is 67.7. The molecule has 0 aromatic carbocycles. The Morgan fingerprint density at radius 2 is 1.65 bits per heavy atom. The summed E-state index contributed by atoms with van der Waals surface area (Å²) in [4.78, 5) is 21.0. The summed E-state index contributed by atoms with van der Waals surface area (Å²) in [6, 6.07) is 4.87. The smallest absolute Gasteiger partial charge is 0.386 e. The summed E-state index contributed by atoms with van der Waals surface area (Å²) in [7, 11) is 0. The van der Waals surface area contributed by atoms with Crippen LogP contribution in [0.4, 0.5) is 5.69 Å². The Morgan fingerprint density at radius 3 is 2.47 bits per heavy atom. The molecule has 0 radical (unpaired) electrons. The van der Waals surface area contributed by atoms with E-state index in [1.165, 1.54) is 29.1 Å². The maximum atomic E-state index is 13.6. The first-order chi connectivity index (χ1) is 20.5. The lowest BCUT2D eigenvalue weighted by atomic mass is 10.0. The molecule has 2 bridgehead atoms. The number of nitrogens with two attached hydrogens (primary N) is 1. The highest BCUT2D eigenvalue weighted by Crippen LogP contribution is 2.60. The molecule has 2 unspecified atom stereocenters. The number of nitrogens with zero attached hydrogens (tertiary/aromatic N) is 5. The highest BCUT2D eigenvalue weighted by Gasteiger charge is 2.50. The van der Waals surface area contributed by atoms with E-state index in [9.17, 15) is 13.9 Å². The van der Waals surface area contributed by atoms with E-state index >= 15 is 0 Å². The lowest BCUT2D eigenvalue weighted by Gasteiger charge is -2.27. The fourth-order valence-corrected chi connectivity index (χ4v) is 8.78. The van der Waals surface area contributed by atoms with E-state index in [1.807, 2.05) is 6.07 Å². The fraction of sp³-hybridized carbons (Fsp3) is 0.458. The van der Waals surface area contributed by atoms with Crippen molar-refractivity contribution in [2.24, 2.45) is 5.92 Å². The second-order valence-corrected chi connectivity index (χ2v) is 16.3. The van der Waals surface area contributed by atoms with Crippen LogP contribution in [0.5, 0.6) is 0 Å². The number of hydrogen-bond donors (Lipinski definition) is 3. The van der Waals surface area contributed by atoms with Crippen LogP contribution < -0.4 is 11.3 Å². The van der Waals surface area contributed by atoms with Crippen molar-refractivity contribution in [3.8, 4) is 0 Å². The van der Waals surface area contributed by atoms with Crippen LogP contribution in [0.25, 0.3) is 16.8 Å². The molecular formula is C24H28N6O9P2S2. The van der Waals surface area contributed by atoms with Crippen LogP contribution in [0.3, 0.4) is 0 Å². The maximum Gasteiger partial charge on any atom is 0.386 e. The predicted octanol–water partition coefficient (Wildman–Crippen LogP) is 3.84. The Kier molecular flexibility index (Phi) is 7.57. The summed E-state index contributed by atoms with van der Waals surface area (Å²) in [5.41, 5.74) is 6.96. The van der Waals surface area contributed by atoms with Crippen LogP contribution in [-0.4, -0.2) is 61.1 Å². The van der Waals surface area contributed by atoms with Gasteiger partial charge in [-0.15, -0.1) is 0 Å². The first kappa shape index (κ1) is 29.5. The van der Waals surface area contributed by atoms with Gasteiger partial charge in [0.25, 0.3) is 5.56 Å². The Hall–Kier alpha value is -2.17. The minimum Gasteiger partial charge on any atom is -0.398 e. The van der Waals surface area contributed by atoms with Crippen molar-refractivity contribution < 1.29 is 36.7 Å². The number of anilines is 1. The van der Waals surface area contributed by atoms with Gasteiger partial charge in [-0.1, -0.05) is 31.4 Å². The molecule has 3 aliphatic rings. The molecule has 7 rings (SSSR count). The molecule has 3 fully saturated rings. The zero-order valence-corrected chi connectivity index (χ0v) is 26.1. The molecule has 0 spiro atoms. The first-order valence-corrected chi connectivity index (χ1v) is 18.8. The third-order valence-electron chi connectivity index (χ3n) is 7.91. The molecule has 0 saturated carbocycles. The molecule has 3 aliphatic heterocycles. The van der Waals surface area contributed by atoms with Gasteiger partial charge in [-0.25, -0.2) is 19.1 Å². The van der Waals surface area contributed by atoms with Crippen LogP contribution in [0.15, 0.2) is 54.0 Å². The molecule has 0 aliphatic carbocycles. The number of imidazole rings is 1. The Bertz CT molecular complexity index is 1850. The van der Waals surface area contributed by atoms with Crippen molar-refractivity contribution >= 4 is 60.6 Å². The van der Waals surface area contributed by atoms with Crippen molar-refractivity contribution in [3.05, 3.63) is 59.5 Å². The molecule has 3 saturated heterocycles. The average Bonchev–Trinajstić information content (AvgIpc) is 3.74. The third kappa shape index (κ3) is 5.50. The van der Waals surface area contributed by atoms with Crippen molar-refractivity contribution in [2.45, 2.75) is 50.2 Å². The van der Waals surface area contributed by atoms with Crippen molar-refractivity contribution in [1.29, 1.82) is 0 Å². The molecule has 9 atom stereocenters. The lowest BCUT2D eigenvalue weighted by molar-refractivity contribution is -0.0561. The van der Waals surface area contributed by atoms with Gasteiger partial charge in [0.15, 0.2) is 6.23 Å². The Balaban J connectivity index is 1.19. The maximum absolute atomic E-state index is 13.6. The minimum absolute atomic E-state index is 0.186. The van der Waals surface area contributed by atoms with Gasteiger partial charge in [0.2, 0.25) is 5.78 Å². The Labute approximate surface area is 254 Å². The van der Waals surface area contributed by atoms with E-state index in [-0.39, 0.29) is 31.0 Å². The van der Waals surface area contributed by atoms with Gasteiger partial charge in [0.1, 0.15) is 30.2 Å². The third-order valence-corrected chi connectivity index (χ3v) is 11.2. The summed E-state index contributed by atoms with van der Waals surface area (Å²) in [6.07, 6.45) is 3.33. The SMILES string of the molecule is C[C@H]1[C@H]2OP(=O)(S)OC[C@H]3O[C@@H](n4ccc5c(N)ccnc54)C[C@@H]3OP(=O)(S)OC[C@H]1O[C@H]2n1ccc(=O)n2ccnc12. The van der Waals surface area contributed by atoms with Gasteiger partial charge >= 0.3 is 13.6 Å². The van der Waals surface area contributed by atoms with Gasteiger partial charge in [-0.2, -0.15) is 0 Å². The van der Waals surface area contributed by atoms with Gasteiger partial charge in [-0.05, 0) is 12.1 Å². The number of thiol groups is 2. The molecule has 230 valence electrons. The van der Waals surface area contributed by atoms with Gasteiger partial charge in [-0.3, -0.25) is 31.9 Å². The number of aromatic nitrogens is 5. The minimum atomic E-state index is -4.04. The Morgan fingerprint density at radius 1 is 0.907 bits per heavy atom. The molecule has 4 aromatic rings. The second-order valence-electron chi connectivity index (χ2n) is 10.6. The number of ether oxygens (including phenoxy) is 2. The van der Waals surface area contributed by atoms with Crippen LogP contribution in [0.2, 0.25) is 0 Å². The molecule has 0 amide bonds. The van der Waals surface area contributed by atoms with Gasteiger partial charge < -0.3 is 19.8 Å². The quantitative estimate of drug-likeness (QED) is 0.208. The van der Waals surface area contributed by atoms with E-state index in [0.29, 0.717) is 11.3 Å². The normalized spacial score (nSPS) is 37.1. The van der Waals surface area contributed by atoms with Gasteiger partial charge in [0.05, 0.1) is 19.3 Å². The average molecular weight is 671 g/mol. The molecule has 7 heterocycles. The predicted molar refractivity (Wildman–Crippen MR) is 160 cm³/mol. The topological polar surface area (TPSA) is 173 Å². The zero-order chi connectivity index (χ0) is 30.1. The van der Waals surface area contributed by atoms with Crippen LogP contribution in [0.1, 0.15) is 25.8 Å². The highest BCUT2D eigenvalue weighted by atomic mass is 32.7. The molecule has 4 aromatic heterocycles. The molecule has 15 nitrogen and oxygen atoms in total. The van der Waals surface area contributed by atoms with Crippen LogP contribution >= 0.6 is 38.1 Å². The molecular weight excluding hydrogens is 642 g/mol. The molecule has 2 N–H and O–H groups in total. The number of rotatable bonds is 2.